The molecule has 12 heavy (non-hydrogen) atoms. The molecule has 2 rings (SSSR count). The lowest BCUT2D eigenvalue weighted by molar-refractivity contribution is 0.207. The Morgan fingerprint density at radius 2 is 2.00 bits per heavy atom. The van der Waals surface area contributed by atoms with E-state index >= 15 is 0 Å². The van der Waals surface area contributed by atoms with Gasteiger partial charge in [0.05, 0.1) is 13.2 Å². The maximum atomic E-state index is 11.2. The molecule has 2 bridgehead atoms. The Hall–Kier alpha value is -0.820. The van der Waals surface area contributed by atoms with Crippen LogP contribution in [0.15, 0.2) is 0 Å². The van der Waals surface area contributed by atoms with Gasteiger partial charge in [-0.3, -0.25) is 4.18 Å². The highest BCUT2D eigenvalue weighted by atomic mass is 32.2. The van der Waals surface area contributed by atoms with Crippen molar-refractivity contribution < 1.29 is 17.4 Å². The van der Waals surface area contributed by atoms with E-state index in [1.165, 1.54) is 4.90 Å². The third-order valence-electron chi connectivity index (χ3n) is 1.92. The first-order chi connectivity index (χ1) is 5.61. The highest BCUT2D eigenvalue weighted by Crippen LogP contribution is 2.17. The van der Waals surface area contributed by atoms with Crippen molar-refractivity contribution in [3.63, 3.8) is 0 Å². The van der Waals surface area contributed by atoms with Gasteiger partial charge in [0.1, 0.15) is 0 Å². The van der Waals surface area contributed by atoms with Crippen LogP contribution in [0.5, 0.6) is 0 Å². The molecule has 0 spiro atoms. The van der Waals surface area contributed by atoms with Crippen LogP contribution < -0.4 is 0 Å². The summed E-state index contributed by atoms with van der Waals surface area (Å²) in [7, 11) is -3.78. The highest BCUT2D eigenvalue weighted by molar-refractivity contribution is 7.84. The van der Waals surface area contributed by atoms with E-state index in [2.05, 4.69) is 4.18 Å². The SMILES string of the molecule is O=C1N2CCOS(=O)(=O)N1CC2. The average molecular weight is 192 g/mol. The van der Waals surface area contributed by atoms with Gasteiger partial charge in [0.15, 0.2) is 0 Å². The first kappa shape index (κ1) is 7.81. The van der Waals surface area contributed by atoms with E-state index < -0.39 is 16.3 Å². The van der Waals surface area contributed by atoms with E-state index in [0.717, 1.165) is 4.31 Å². The summed E-state index contributed by atoms with van der Waals surface area (Å²) in [6, 6.07) is -0.465. The molecule has 0 atom stereocenters. The fraction of sp³-hybridized carbons (Fsp3) is 0.800. The summed E-state index contributed by atoms with van der Waals surface area (Å²) in [5, 5.41) is 0. The Morgan fingerprint density at radius 1 is 1.25 bits per heavy atom. The minimum absolute atomic E-state index is 0.0601. The number of hydrogen-bond donors (Lipinski definition) is 0. The molecule has 0 N–H and O–H groups in total. The van der Waals surface area contributed by atoms with Crippen molar-refractivity contribution >= 4 is 16.3 Å². The van der Waals surface area contributed by atoms with Crippen LogP contribution in [0.1, 0.15) is 0 Å². The van der Waals surface area contributed by atoms with Crippen LogP contribution in [-0.2, 0) is 14.5 Å². The summed E-state index contributed by atoms with van der Waals surface area (Å²) < 4.78 is 27.5. The van der Waals surface area contributed by atoms with E-state index in [1.54, 1.807) is 0 Å². The highest BCUT2D eigenvalue weighted by Gasteiger charge is 2.40. The number of carbonyl (C=O) groups is 1. The number of urea groups is 1. The minimum atomic E-state index is -3.78. The van der Waals surface area contributed by atoms with E-state index in [0.29, 0.717) is 13.1 Å². The predicted molar refractivity (Wildman–Crippen MR) is 38.5 cm³/mol. The first-order valence-electron chi connectivity index (χ1n) is 3.57. The second kappa shape index (κ2) is 2.33. The van der Waals surface area contributed by atoms with Gasteiger partial charge >= 0.3 is 16.3 Å². The maximum Gasteiger partial charge on any atom is 0.366 e. The zero-order chi connectivity index (χ0) is 8.77. The van der Waals surface area contributed by atoms with Gasteiger partial charge < -0.3 is 4.90 Å². The topological polar surface area (TPSA) is 66.9 Å². The summed E-state index contributed by atoms with van der Waals surface area (Å²) in [6.07, 6.45) is 0. The monoisotopic (exact) mass is 192 g/mol. The van der Waals surface area contributed by atoms with Crippen LogP contribution in [0.25, 0.3) is 0 Å². The molecule has 0 radical (unpaired) electrons. The predicted octanol–water partition coefficient (Wildman–Crippen LogP) is -1.00. The van der Waals surface area contributed by atoms with Crippen molar-refractivity contribution in [2.24, 2.45) is 0 Å². The van der Waals surface area contributed by atoms with E-state index in [1.807, 2.05) is 0 Å². The van der Waals surface area contributed by atoms with Crippen LogP contribution in [-0.4, -0.2) is 49.9 Å². The molecule has 2 heterocycles. The Morgan fingerprint density at radius 3 is 2.75 bits per heavy atom. The van der Waals surface area contributed by atoms with Crippen molar-refractivity contribution in [1.82, 2.24) is 9.21 Å². The number of hydrogen-bond acceptors (Lipinski definition) is 4. The zero-order valence-electron chi connectivity index (χ0n) is 6.26. The molecule has 0 aliphatic carbocycles. The van der Waals surface area contributed by atoms with Crippen molar-refractivity contribution in [1.29, 1.82) is 0 Å². The third kappa shape index (κ3) is 0.969. The molecule has 2 amide bonds. The summed E-state index contributed by atoms with van der Waals surface area (Å²) >= 11 is 0. The fourth-order valence-electron chi connectivity index (χ4n) is 1.29. The molecule has 2 aliphatic rings. The molecule has 0 aromatic carbocycles. The molecular formula is C5H8N2O4S. The zero-order valence-corrected chi connectivity index (χ0v) is 7.08. The third-order valence-corrected chi connectivity index (χ3v) is 3.26. The summed E-state index contributed by atoms with van der Waals surface area (Å²) in [4.78, 5) is 12.7. The van der Waals surface area contributed by atoms with Crippen molar-refractivity contribution in [2.75, 3.05) is 26.2 Å². The molecular weight excluding hydrogens is 184 g/mol. The van der Waals surface area contributed by atoms with Crippen molar-refractivity contribution in [2.45, 2.75) is 0 Å². The van der Waals surface area contributed by atoms with E-state index in [9.17, 15) is 13.2 Å². The molecule has 6 nitrogen and oxygen atoms in total. The molecule has 7 heteroatoms. The van der Waals surface area contributed by atoms with Crippen LogP contribution in [0.4, 0.5) is 4.79 Å². The Labute approximate surface area is 70.0 Å². The van der Waals surface area contributed by atoms with Gasteiger partial charge in [-0.15, -0.1) is 0 Å². The van der Waals surface area contributed by atoms with Gasteiger partial charge in [-0.1, -0.05) is 0 Å². The number of carbonyl (C=O) groups excluding carboxylic acids is 1. The average Bonchev–Trinajstić information content (AvgIpc) is 2.26. The van der Waals surface area contributed by atoms with Crippen molar-refractivity contribution in [3.8, 4) is 0 Å². The molecule has 2 saturated heterocycles. The van der Waals surface area contributed by atoms with Gasteiger partial charge in [0.2, 0.25) is 0 Å². The van der Waals surface area contributed by atoms with Gasteiger partial charge in [-0.05, 0) is 0 Å². The molecule has 2 aliphatic heterocycles. The number of amides is 2. The molecule has 0 saturated carbocycles. The lowest BCUT2D eigenvalue weighted by Gasteiger charge is -2.10. The second-order valence-electron chi connectivity index (χ2n) is 2.62. The van der Waals surface area contributed by atoms with Gasteiger partial charge in [-0.2, -0.15) is 12.7 Å². The number of nitrogens with zero attached hydrogens (tertiary/aromatic N) is 2. The van der Waals surface area contributed by atoms with Gasteiger partial charge in [-0.25, -0.2) is 4.79 Å². The van der Waals surface area contributed by atoms with Crippen LogP contribution >= 0.6 is 0 Å². The summed E-state index contributed by atoms with van der Waals surface area (Å²) in [5.74, 6) is 0. The number of fused-ring (bicyclic) bond motifs is 2. The smallest absolute Gasteiger partial charge is 0.320 e. The van der Waals surface area contributed by atoms with Gasteiger partial charge in [0, 0.05) is 13.1 Å². The van der Waals surface area contributed by atoms with Crippen LogP contribution in [0.2, 0.25) is 0 Å². The fourth-order valence-corrected chi connectivity index (χ4v) is 2.32. The van der Waals surface area contributed by atoms with E-state index in [4.69, 9.17) is 0 Å². The second-order valence-corrected chi connectivity index (χ2v) is 4.15. The van der Waals surface area contributed by atoms with E-state index in [-0.39, 0.29) is 13.2 Å². The maximum absolute atomic E-state index is 11.2. The summed E-state index contributed by atoms with van der Waals surface area (Å²) in [6.45, 7) is 1.10. The van der Waals surface area contributed by atoms with Crippen LogP contribution in [0.3, 0.4) is 0 Å². The standard InChI is InChI=1S/C5H8N2O4S/c8-5-6-1-2-7(5)12(9,10)11-4-3-6/h1-4H2. The number of rotatable bonds is 0. The molecule has 2 fully saturated rings. The van der Waals surface area contributed by atoms with Crippen molar-refractivity contribution in [3.05, 3.63) is 0 Å². The van der Waals surface area contributed by atoms with Crippen LogP contribution in [0, 0.1) is 0 Å². The summed E-state index contributed by atoms with van der Waals surface area (Å²) in [5.41, 5.74) is 0. The molecule has 0 aromatic rings. The largest absolute Gasteiger partial charge is 0.366 e. The minimum Gasteiger partial charge on any atom is -0.320 e. The van der Waals surface area contributed by atoms with Gasteiger partial charge in [0.25, 0.3) is 0 Å². The molecule has 0 unspecified atom stereocenters. The normalized spacial score (nSPS) is 27.5. The molecule has 68 valence electrons. The first-order valence-corrected chi connectivity index (χ1v) is 4.94. The quantitative estimate of drug-likeness (QED) is 0.493. The Kier molecular flexibility index (Phi) is 1.52. The Balaban J connectivity index is 2.40. The Bertz CT molecular complexity index is 311. The lowest BCUT2D eigenvalue weighted by Crippen LogP contribution is -2.33. The lowest BCUT2D eigenvalue weighted by atomic mass is 10.5. The molecule has 0 aromatic heterocycles.